The Morgan fingerprint density at radius 3 is 2.83 bits per heavy atom. The van der Waals surface area contributed by atoms with Gasteiger partial charge in [0.05, 0.1) is 4.92 Å². The number of hydrogen-bond acceptors (Lipinski definition) is 4. The lowest BCUT2D eigenvalue weighted by Gasteiger charge is -2.06. The molecule has 98 valence electrons. The smallest absolute Gasteiger partial charge is 0.315 e. The van der Waals surface area contributed by atoms with E-state index in [4.69, 9.17) is 5.11 Å². The number of aliphatic hydroxyl groups is 1. The number of aliphatic hydroxyl groups excluding tert-OH is 1. The summed E-state index contributed by atoms with van der Waals surface area (Å²) in [7, 11) is 0. The van der Waals surface area contributed by atoms with Crippen LogP contribution in [-0.2, 0) is 6.54 Å². The van der Waals surface area contributed by atoms with Crippen LogP contribution >= 0.6 is 0 Å². The van der Waals surface area contributed by atoms with Crippen molar-refractivity contribution < 1.29 is 14.8 Å². The summed E-state index contributed by atoms with van der Waals surface area (Å²) in [5.41, 5.74) is 0.650. The second kappa shape index (κ2) is 7.23. The molecule has 1 aromatic rings. The largest absolute Gasteiger partial charge is 0.396 e. The van der Waals surface area contributed by atoms with Crippen LogP contribution < -0.4 is 10.6 Å². The van der Waals surface area contributed by atoms with Gasteiger partial charge in [-0.15, -0.1) is 0 Å². The van der Waals surface area contributed by atoms with Gasteiger partial charge in [-0.2, -0.15) is 0 Å². The lowest BCUT2D eigenvalue weighted by molar-refractivity contribution is -0.384. The van der Waals surface area contributed by atoms with E-state index in [0.29, 0.717) is 18.5 Å². The zero-order chi connectivity index (χ0) is 13.4. The molecule has 0 fully saturated rings. The topological polar surface area (TPSA) is 104 Å². The molecule has 1 aromatic carbocycles. The van der Waals surface area contributed by atoms with Crippen molar-refractivity contribution in [3.63, 3.8) is 0 Å². The van der Waals surface area contributed by atoms with Gasteiger partial charge in [0.1, 0.15) is 0 Å². The molecule has 2 amide bonds. The Morgan fingerprint density at radius 1 is 1.39 bits per heavy atom. The van der Waals surface area contributed by atoms with Crippen molar-refractivity contribution in [2.45, 2.75) is 13.0 Å². The normalized spacial score (nSPS) is 9.83. The number of nitrogens with one attached hydrogen (secondary N) is 2. The Morgan fingerprint density at radius 2 is 2.17 bits per heavy atom. The van der Waals surface area contributed by atoms with Crippen molar-refractivity contribution in [3.05, 3.63) is 39.9 Å². The number of urea groups is 1. The van der Waals surface area contributed by atoms with Crippen LogP contribution in [0.2, 0.25) is 0 Å². The molecule has 18 heavy (non-hydrogen) atoms. The van der Waals surface area contributed by atoms with Gasteiger partial charge in [0.25, 0.3) is 5.69 Å². The van der Waals surface area contributed by atoms with Crippen LogP contribution in [0.5, 0.6) is 0 Å². The maximum Gasteiger partial charge on any atom is 0.315 e. The van der Waals surface area contributed by atoms with Crippen molar-refractivity contribution >= 4 is 11.7 Å². The Hall–Kier alpha value is -2.15. The highest BCUT2D eigenvalue weighted by Crippen LogP contribution is 2.12. The minimum absolute atomic E-state index is 0.00464. The summed E-state index contributed by atoms with van der Waals surface area (Å²) in [6.45, 7) is 0.620. The molecule has 0 saturated heterocycles. The second-order valence-corrected chi connectivity index (χ2v) is 3.61. The van der Waals surface area contributed by atoms with Crippen molar-refractivity contribution in [1.29, 1.82) is 0 Å². The van der Waals surface area contributed by atoms with E-state index >= 15 is 0 Å². The maximum absolute atomic E-state index is 11.3. The summed E-state index contributed by atoms with van der Waals surface area (Å²) in [5, 5.41) is 24.2. The fourth-order valence-electron chi connectivity index (χ4n) is 1.31. The SMILES string of the molecule is O=C(NCCCO)NCc1cccc([N+](=O)[O-])c1. The average molecular weight is 253 g/mol. The predicted octanol–water partition coefficient (Wildman–Crippen LogP) is 0.776. The van der Waals surface area contributed by atoms with E-state index in [1.807, 2.05) is 0 Å². The van der Waals surface area contributed by atoms with E-state index < -0.39 is 4.92 Å². The number of hydrogen-bond donors (Lipinski definition) is 3. The van der Waals surface area contributed by atoms with E-state index in [9.17, 15) is 14.9 Å². The van der Waals surface area contributed by atoms with Gasteiger partial charge in [-0.05, 0) is 12.0 Å². The number of rotatable bonds is 6. The fourth-order valence-corrected chi connectivity index (χ4v) is 1.31. The Kier molecular flexibility index (Phi) is 5.59. The first-order valence-electron chi connectivity index (χ1n) is 5.49. The van der Waals surface area contributed by atoms with E-state index in [-0.39, 0.29) is 24.9 Å². The number of nitro benzene ring substituents is 1. The summed E-state index contributed by atoms with van der Waals surface area (Å²) >= 11 is 0. The second-order valence-electron chi connectivity index (χ2n) is 3.61. The lowest BCUT2D eigenvalue weighted by atomic mass is 10.2. The third-order valence-electron chi connectivity index (χ3n) is 2.19. The molecule has 7 nitrogen and oxygen atoms in total. The molecule has 0 heterocycles. The number of amides is 2. The van der Waals surface area contributed by atoms with Gasteiger partial charge < -0.3 is 15.7 Å². The van der Waals surface area contributed by atoms with Gasteiger partial charge in [0.2, 0.25) is 0 Å². The number of nitro groups is 1. The molecular weight excluding hydrogens is 238 g/mol. The molecule has 0 aliphatic rings. The van der Waals surface area contributed by atoms with Crippen LogP contribution in [-0.4, -0.2) is 29.2 Å². The van der Waals surface area contributed by atoms with Gasteiger partial charge in [0, 0.05) is 31.8 Å². The van der Waals surface area contributed by atoms with Gasteiger partial charge in [-0.3, -0.25) is 10.1 Å². The van der Waals surface area contributed by atoms with Gasteiger partial charge in [-0.1, -0.05) is 12.1 Å². The standard InChI is InChI=1S/C11H15N3O4/c15-6-2-5-12-11(16)13-8-9-3-1-4-10(7-9)14(17)18/h1,3-4,7,15H,2,5-6,8H2,(H2,12,13,16). The molecule has 0 atom stereocenters. The van der Waals surface area contributed by atoms with Crippen molar-refractivity contribution in [2.75, 3.05) is 13.2 Å². The lowest BCUT2D eigenvalue weighted by Crippen LogP contribution is -2.35. The maximum atomic E-state index is 11.3. The molecule has 0 unspecified atom stereocenters. The molecule has 0 bridgehead atoms. The number of nitrogens with zero attached hydrogens (tertiary/aromatic N) is 1. The first-order valence-corrected chi connectivity index (χ1v) is 5.49. The van der Waals surface area contributed by atoms with Crippen molar-refractivity contribution in [2.24, 2.45) is 0 Å². The molecule has 1 rings (SSSR count). The van der Waals surface area contributed by atoms with Crippen LogP contribution in [0.15, 0.2) is 24.3 Å². The number of carbonyl (C=O) groups is 1. The third kappa shape index (κ3) is 4.79. The first kappa shape index (κ1) is 13.9. The van der Waals surface area contributed by atoms with Gasteiger partial charge in [-0.25, -0.2) is 4.79 Å². The predicted molar refractivity (Wildman–Crippen MR) is 65.0 cm³/mol. The van der Waals surface area contributed by atoms with Crippen LogP contribution in [0.1, 0.15) is 12.0 Å². The monoisotopic (exact) mass is 253 g/mol. The van der Waals surface area contributed by atoms with Crippen LogP contribution in [0, 0.1) is 10.1 Å². The number of benzene rings is 1. The third-order valence-corrected chi connectivity index (χ3v) is 2.19. The highest BCUT2D eigenvalue weighted by atomic mass is 16.6. The summed E-state index contributed by atoms with van der Waals surface area (Å²) in [6, 6.07) is 5.70. The molecule has 0 aromatic heterocycles. The summed E-state index contributed by atoms with van der Waals surface area (Å²) in [4.78, 5) is 21.3. The first-order chi connectivity index (χ1) is 8.63. The molecular formula is C11H15N3O4. The summed E-state index contributed by atoms with van der Waals surface area (Å²) < 4.78 is 0. The van der Waals surface area contributed by atoms with Crippen molar-refractivity contribution in [1.82, 2.24) is 10.6 Å². The molecule has 3 N–H and O–H groups in total. The quantitative estimate of drug-likeness (QED) is 0.395. The van der Waals surface area contributed by atoms with Crippen molar-refractivity contribution in [3.8, 4) is 0 Å². The van der Waals surface area contributed by atoms with Crippen LogP contribution in [0.25, 0.3) is 0 Å². The number of non-ortho nitro benzene ring substituents is 1. The van der Waals surface area contributed by atoms with Crippen LogP contribution in [0.3, 0.4) is 0 Å². The highest BCUT2D eigenvalue weighted by molar-refractivity contribution is 5.73. The number of carbonyl (C=O) groups excluding carboxylic acids is 1. The Labute approximate surface area is 104 Å². The summed E-state index contributed by atoms with van der Waals surface area (Å²) in [5.74, 6) is 0. The highest BCUT2D eigenvalue weighted by Gasteiger charge is 2.06. The van der Waals surface area contributed by atoms with Gasteiger partial charge in [0.15, 0.2) is 0 Å². The molecule has 0 aliphatic carbocycles. The average Bonchev–Trinajstić information content (AvgIpc) is 2.37. The van der Waals surface area contributed by atoms with E-state index in [1.165, 1.54) is 12.1 Å². The van der Waals surface area contributed by atoms with Gasteiger partial charge >= 0.3 is 6.03 Å². The van der Waals surface area contributed by atoms with E-state index in [1.54, 1.807) is 12.1 Å². The van der Waals surface area contributed by atoms with E-state index in [2.05, 4.69) is 10.6 Å². The zero-order valence-electron chi connectivity index (χ0n) is 9.76. The minimum Gasteiger partial charge on any atom is -0.396 e. The molecule has 0 aliphatic heterocycles. The van der Waals surface area contributed by atoms with E-state index in [0.717, 1.165) is 0 Å². The van der Waals surface area contributed by atoms with Crippen LogP contribution in [0.4, 0.5) is 10.5 Å². The Balaban J connectivity index is 2.41. The fraction of sp³-hybridized carbons (Fsp3) is 0.364. The molecule has 0 radical (unpaired) electrons. The minimum atomic E-state index is -0.481. The molecule has 0 saturated carbocycles. The summed E-state index contributed by atoms with van der Waals surface area (Å²) in [6.07, 6.45) is 0.490. The Bertz CT molecular complexity index is 423. The molecule has 0 spiro atoms. The zero-order valence-corrected chi connectivity index (χ0v) is 9.76. The molecule has 7 heteroatoms.